The Labute approximate surface area is 126 Å². The van der Waals surface area contributed by atoms with Gasteiger partial charge in [0.15, 0.2) is 0 Å². The molecule has 0 atom stereocenters. The number of pyridine rings is 1. The maximum absolute atomic E-state index is 5.33. The Balaban J connectivity index is 1.56. The van der Waals surface area contributed by atoms with Crippen molar-refractivity contribution in [2.75, 3.05) is 25.5 Å². The van der Waals surface area contributed by atoms with E-state index < -0.39 is 0 Å². The average molecular weight is 285 g/mol. The lowest BCUT2D eigenvalue weighted by Crippen LogP contribution is -2.16. The molecule has 0 aliphatic rings. The van der Waals surface area contributed by atoms with Gasteiger partial charge >= 0.3 is 0 Å². The van der Waals surface area contributed by atoms with Crippen LogP contribution in [0.25, 0.3) is 0 Å². The van der Waals surface area contributed by atoms with Crippen molar-refractivity contribution in [2.24, 2.45) is 0 Å². The predicted octanol–water partition coefficient (Wildman–Crippen LogP) is 3.07. The molecule has 21 heavy (non-hydrogen) atoms. The second-order valence-electron chi connectivity index (χ2n) is 4.84. The van der Waals surface area contributed by atoms with Gasteiger partial charge in [0.1, 0.15) is 11.6 Å². The number of hydrogen-bond donors (Lipinski definition) is 2. The van der Waals surface area contributed by atoms with Gasteiger partial charge in [-0.3, -0.25) is 0 Å². The maximum Gasteiger partial charge on any atom is 0.125 e. The van der Waals surface area contributed by atoms with Crippen LogP contribution in [0.2, 0.25) is 0 Å². The zero-order chi connectivity index (χ0) is 14.8. The minimum absolute atomic E-state index is 0.845. The first kappa shape index (κ1) is 15.3. The van der Waals surface area contributed by atoms with E-state index in [1.165, 1.54) is 5.56 Å². The largest absolute Gasteiger partial charge is 0.496 e. The molecule has 2 rings (SSSR count). The molecule has 2 N–H and O–H groups in total. The van der Waals surface area contributed by atoms with Crippen LogP contribution < -0.4 is 15.4 Å². The molecule has 0 saturated heterocycles. The lowest BCUT2D eigenvalue weighted by atomic mass is 10.2. The lowest BCUT2D eigenvalue weighted by Gasteiger charge is -2.09. The van der Waals surface area contributed by atoms with E-state index >= 15 is 0 Å². The molecule has 0 aliphatic heterocycles. The van der Waals surface area contributed by atoms with Gasteiger partial charge in [0, 0.05) is 24.8 Å². The second kappa shape index (κ2) is 8.97. The van der Waals surface area contributed by atoms with E-state index in [1.807, 2.05) is 36.4 Å². The van der Waals surface area contributed by atoms with Crippen molar-refractivity contribution in [1.82, 2.24) is 10.3 Å². The van der Waals surface area contributed by atoms with Gasteiger partial charge in [-0.2, -0.15) is 0 Å². The quantitative estimate of drug-likeness (QED) is 0.695. The predicted molar refractivity (Wildman–Crippen MR) is 86.7 cm³/mol. The highest BCUT2D eigenvalue weighted by Crippen LogP contribution is 2.16. The zero-order valence-corrected chi connectivity index (χ0v) is 12.5. The fraction of sp³-hybridized carbons (Fsp3) is 0.353. The first-order chi connectivity index (χ1) is 10.4. The highest BCUT2D eigenvalue weighted by atomic mass is 16.5. The molecule has 2 aromatic rings. The van der Waals surface area contributed by atoms with Crippen molar-refractivity contribution in [3.05, 3.63) is 54.2 Å². The number of nitrogens with one attached hydrogen (secondary N) is 2. The summed E-state index contributed by atoms with van der Waals surface area (Å²) in [5, 5.41) is 6.76. The van der Waals surface area contributed by atoms with E-state index in [0.717, 1.165) is 44.0 Å². The van der Waals surface area contributed by atoms with Crippen LogP contribution >= 0.6 is 0 Å². The fourth-order valence-corrected chi connectivity index (χ4v) is 2.13. The van der Waals surface area contributed by atoms with Crippen LogP contribution in [0.4, 0.5) is 5.82 Å². The van der Waals surface area contributed by atoms with Crippen LogP contribution in [0.3, 0.4) is 0 Å². The molecule has 4 heteroatoms. The van der Waals surface area contributed by atoms with Gasteiger partial charge in [-0.15, -0.1) is 0 Å². The molecule has 1 aromatic carbocycles. The lowest BCUT2D eigenvalue weighted by molar-refractivity contribution is 0.407. The van der Waals surface area contributed by atoms with Crippen LogP contribution in [0, 0.1) is 0 Å². The van der Waals surface area contributed by atoms with Gasteiger partial charge < -0.3 is 15.4 Å². The number of methoxy groups -OCH3 is 1. The number of aromatic nitrogens is 1. The van der Waals surface area contributed by atoms with Gasteiger partial charge in [-0.05, 0) is 37.6 Å². The van der Waals surface area contributed by atoms with Crippen molar-refractivity contribution in [3.8, 4) is 5.75 Å². The summed E-state index contributed by atoms with van der Waals surface area (Å²) >= 11 is 0. The number of nitrogens with zero attached hydrogens (tertiary/aromatic N) is 1. The number of anilines is 1. The summed E-state index contributed by atoms with van der Waals surface area (Å²) in [6, 6.07) is 14.0. The molecule has 0 fully saturated rings. The van der Waals surface area contributed by atoms with Gasteiger partial charge in [0.2, 0.25) is 0 Å². The Morgan fingerprint density at radius 2 is 1.81 bits per heavy atom. The summed E-state index contributed by atoms with van der Waals surface area (Å²) in [4.78, 5) is 4.23. The van der Waals surface area contributed by atoms with E-state index in [0.29, 0.717) is 0 Å². The number of para-hydroxylation sites is 1. The van der Waals surface area contributed by atoms with E-state index in [4.69, 9.17) is 4.74 Å². The highest BCUT2D eigenvalue weighted by Gasteiger charge is 2.00. The van der Waals surface area contributed by atoms with Gasteiger partial charge in [-0.25, -0.2) is 4.98 Å². The summed E-state index contributed by atoms with van der Waals surface area (Å²) in [5.41, 5.74) is 1.20. The van der Waals surface area contributed by atoms with Crippen LogP contribution in [-0.2, 0) is 6.54 Å². The number of rotatable bonds is 9. The van der Waals surface area contributed by atoms with Gasteiger partial charge in [0.25, 0.3) is 0 Å². The molecular formula is C17H23N3O. The summed E-state index contributed by atoms with van der Waals surface area (Å²) in [5.74, 6) is 1.89. The molecule has 4 nitrogen and oxygen atoms in total. The molecule has 0 amide bonds. The van der Waals surface area contributed by atoms with Crippen molar-refractivity contribution in [2.45, 2.75) is 19.4 Å². The molecule has 112 valence electrons. The smallest absolute Gasteiger partial charge is 0.125 e. The third kappa shape index (κ3) is 5.44. The third-order valence-electron chi connectivity index (χ3n) is 3.26. The topological polar surface area (TPSA) is 46.2 Å². The highest BCUT2D eigenvalue weighted by molar-refractivity contribution is 5.33. The normalized spacial score (nSPS) is 10.3. The van der Waals surface area contributed by atoms with E-state index in [9.17, 15) is 0 Å². The molecule has 1 heterocycles. The van der Waals surface area contributed by atoms with Crippen molar-refractivity contribution < 1.29 is 4.74 Å². The third-order valence-corrected chi connectivity index (χ3v) is 3.26. The van der Waals surface area contributed by atoms with E-state index in [1.54, 1.807) is 13.3 Å². The Morgan fingerprint density at radius 1 is 1.00 bits per heavy atom. The van der Waals surface area contributed by atoms with Crippen LogP contribution in [0.5, 0.6) is 5.75 Å². The monoisotopic (exact) mass is 285 g/mol. The maximum atomic E-state index is 5.33. The Hall–Kier alpha value is -2.07. The molecule has 0 radical (unpaired) electrons. The van der Waals surface area contributed by atoms with Crippen LogP contribution in [0.1, 0.15) is 18.4 Å². The van der Waals surface area contributed by atoms with Gasteiger partial charge in [-0.1, -0.05) is 24.3 Å². The first-order valence-electron chi connectivity index (χ1n) is 7.37. The Kier molecular flexibility index (Phi) is 6.55. The second-order valence-corrected chi connectivity index (χ2v) is 4.84. The van der Waals surface area contributed by atoms with Crippen LogP contribution in [-0.4, -0.2) is 25.2 Å². The number of benzene rings is 1. The summed E-state index contributed by atoms with van der Waals surface area (Å²) in [7, 11) is 1.71. The molecule has 0 unspecified atom stereocenters. The van der Waals surface area contributed by atoms with Crippen LogP contribution in [0.15, 0.2) is 48.7 Å². The number of ether oxygens (including phenoxy) is 1. The fourth-order valence-electron chi connectivity index (χ4n) is 2.13. The standard InChI is InChI=1S/C17H23N3O/c1-21-16-9-3-2-8-15(16)14-18-11-6-7-13-20-17-10-4-5-12-19-17/h2-5,8-10,12,18H,6-7,11,13-14H2,1H3,(H,19,20). The van der Waals surface area contributed by atoms with Crippen molar-refractivity contribution >= 4 is 5.82 Å². The Bertz CT molecular complexity index is 516. The molecular weight excluding hydrogens is 262 g/mol. The zero-order valence-electron chi connectivity index (χ0n) is 12.5. The minimum Gasteiger partial charge on any atom is -0.496 e. The SMILES string of the molecule is COc1ccccc1CNCCCCNc1ccccn1. The van der Waals surface area contributed by atoms with Crippen molar-refractivity contribution in [1.29, 1.82) is 0 Å². The molecule has 0 aliphatic carbocycles. The van der Waals surface area contributed by atoms with E-state index in [2.05, 4.69) is 21.7 Å². The number of hydrogen-bond acceptors (Lipinski definition) is 4. The summed E-state index contributed by atoms with van der Waals surface area (Å²) < 4.78 is 5.33. The molecule has 0 spiro atoms. The van der Waals surface area contributed by atoms with Gasteiger partial charge in [0.05, 0.1) is 7.11 Å². The first-order valence-corrected chi connectivity index (χ1v) is 7.37. The summed E-state index contributed by atoms with van der Waals surface area (Å²) in [6.07, 6.45) is 4.06. The molecule has 1 aromatic heterocycles. The molecule has 0 saturated carbocycles. The Morgan fingerprint density at radius 3 is 2.62 bits per heavy atom. The summed E-state index contributed by atoms with van der Waals surface area (Å²) in [6.45, 7) is 2.80. The van der Waals surface area contributed by atoms with Crippen molar-refractivity contribution in [3.63, 3.8) is 0 Å². The number of unbranched alkanes of at least 4 members (excludes halogenated alkanes) is 1. The molecule has 0 bridgehead atoms. The van der Waals surface area contributed by atoms with E-state index in [-0.39, 0.29) is 0 Å². The minimum atomic E-state index is 0.845. The average Bonchev–Trinajstić information content (AvgIpc) is 2.55.